The van der Waals surface area contributed by atoms with Gasteiger partial charge in [0.2, 0.25) is 0 Å². The molecular formula is C26H35NO3Si. The molecule has 1 N–H and O–H groups in total. The van der Waals surface area contributed by atoms with Crippen LogP contribution in [-0.4, -0.2) is 39.6 Å². The Labute approximate surface area is 187 Å². The molecular weight excluding hydrogens is 402 g/mol. The van der Waals surface area contributed by atoms with Crippen molar-refractivity contribution in [1.29, 1.82) is 0 Å². The Morgan fingerprint density at radius 1 is 1.00 bits per heavy atom. The van der Waals surface area contributed by atoms with Crippen LogP contribution < -0.4 is 15.7 Å². The van der Waals surface area contributed by atoms with E-state index in [1.807, 2.05) is 6.08 Å². The summed E-state index contributed by atoms with van der Waals surface area (Å²) in [6.07, 6.45) is 5.68. The lowest BCUT2D eigenvalue weighted by molar-refractivity contribution is -0.144. The maximum atomic E-state index is 11.1. The van der Waals surface area contributed by atoms with Crippen LogP contribution in [0.1, 0.15) is 40.5 Å². The fraction of sp³-hybridized carbons (Fsp3) is 0.423. The summed E-state index contributed by atoms with van der Waals surface area (Å²) in [5.74, 6) is -0.228. The van der Waals surface area contributed by atoms with Crippen LogP contribution >= 0.6 is 0 Å². The maximum absolute atomic E-state index is 11.1. The van der Waals surface area contributed by atoms with Crippen LogP contribution in [0.5, 0.6) is 0 Å². The minimum absolute atomic E-state index is 0.00538. The van der Waals surface area contributed by atoms with Crippen molar-refractivity contribution in [2.75, 3.05) is 13.2 Å². The van der Waals surface area contributed by atoms with Crippen molar-refractivity contribution in [3.63, 3.8) is 0 Å². The Balaban J connectivity index is 1.65. The SMILES string of the molecule is CC(=O)O[C@H]1C=C[C@@H](NCCCO[Si](c2ccccc2)(c2ccccc2)C(C)(C)C)C1. The Hall–Kier alpha value is -2.21. The topological polar surface area (TPSA) is 47.6 Å². The van der Waals surface area contributed by atoms with Gasteiger partial charge in [0, 0.05) is 26.0 Å². The number of hydrogen-bond acceptors (Lipinski definition) is 4. The third-order valence-corrected chi connectivity index (χ3v) is 10.9. The number of ether oxygens (including phenoxy) is 1. The average molecular weight is 438 g/mol. The van der Waals surface area contributed by atoms with Crippen LogP contribution in [0.2, 0.25) is 5.04 Å². The molecule has 1 aliphatic rings. The van der Waals surface area contributed by atoms with Gasteiger partial charge in [-0.05, 0) is 34.5 Å². The summed E-state index contributed by atoms with van der Waals surface area (Å²) in [6.45, 7) is 9.92. The van der Waals surface area contributed by atoms with Gasteiger partial charge >= 0.3 is 5.97 Å². The second-order valence-electron chi connectivity index (χ2n) is 9.19. The van der Waals surface area contributed by atoms with Gasteiger partial charge in [0.05, 0.1) is 0 Å². The zero-order valence-electron chi connectivity index (χ0n) is 19.1. The van der Waals surface area contributed by atoms with Crippen LogP contribution in [0.15, 0.2) is 72.8 Å². The molecule has 0 heterocycles. The number of esters is 1. The minimum Gasteiger partial charge on any atom is -0.458 e. The highest BCUT2D eigenvalue weighted by Crippen LogP contribution is 2.36. The molecule has 0 fully saturated rings. The van der Waals surface area contributed by atoms with Gasteiger partial charge in [-0.1, -0.05) is 87.5 Å². The predicted octanol–water partition coefficient (Wildman–Crippen LogP) is 3.80. The Bertz CT molecular complexity index is 822. The van der Waals surface area contributed by atoms with Crippen LogP contribution in [0, 0.1) is 0 Å². The summed E-state index contributed by atoms with van der Waals surface area (Å²) in [7, 11) is -2.46. The molecule has 0 saturated heterocycles. The van der Waals surface area contributed by atoms with Crippen molar-refractivity contribution >= 4 is 24.7 Å². The van der Waals surface area contributed by atoms with Gasteiger partial charge in [0.1, 0.15) is 6.10 Å². The quantitative estimate of drug-likeness (QED) is 0.281. The third kappa shape index (κ3) is 5.73. The van der Waals surface area contributed by atoms with Crippen LogP contribution in [0.3, 0.4) is 0 Å². The molecule has 0 bridgehead atoms. The van der Waals surface area contributed by atoms with Gasteiger partial charge in [-0.25, -0.2) is 0 Å². The fourth-order valence-electron chi connectivity index (χ4n) is 4.46. The first-order valence-electron chi connectivity index (χ1n) is 11.2. The molecule has 1 aliphatic carbocycles. The average Bonchev–Trinajstić information content (AvgIpc) is 3.17. The Morgan fingerprint density at radius 2 is 1.58 bits per heavy atom. The van der Waals surface area contributed by atoms with Gasteiger partial charge in [0.25, 0.3) is 8.32 Å². The number of rotatable bonds is 9. The van der Waals surface area contributed by atoms with Crippen molar-refractivity contribution in [1.82, 2.24) is 5.32 Å². The zero-order valence-corrected chi connectivity index (χ0v) is 20.1. The van der Waals surface area contributed by atoms with Crippen molar-refractivity contribution in [2.45, 2.75) is 57.7 Å². The number of nitrogens with one attached hydrogen (secondary N) is 1. The second kappa shape index (κ2) is 10.4. The summed E-state index contributed by atoms with van der Waals surface area (Å²) in [5, 5.41) is 6.16. The number of benzene rings is 2. The lowest BCUT2D eigenvalue weighted by Gasteiger charge is -2.43. The second-order valence-corrected chi connectivity index (χ2v) is 13.5. The van der Waals surface area contributed by atoms with E-state index < -0.39 is 8.32 Å². The molecule has 4 nitrogen and oxygen atoms in total. The first-order chi connectivity index (χ1) is 14.8. The smallest absolute Gasteiger partial charge is 0.303 e. The number of carbonyl (C=O) groups excluding carboxylic acids is 1. The van der Waals surface area contributed by atoms with Crippen molar-refractivity contribution < 1.29 is 14.0 Å². The zero-order chi connectivity index (χ0) is 22.3. The Kier molecular flexibility index (Phi) is 7.87. The van der Waals surface area contributed by atoms with Gasteiger partial charge in [-0.2, -0.15) is 0 Å². The predicted molar refractivity (Wildman–Crippen MR) is 129 cm³/mol. The van der Waals surface area contributed by atoms with E-state index in [9.17, 15) is 4.79 Å². The summed E-state index contributed by atoms with van der Waals surface area (Å²) < 4.78 is 12.2. The van der Waals surface area contributed by atoms with E-state index in [1.165, 1.54) is 17.3 Å². The van der Waals surface area contributed by atoms with Gasteiger partial charge < -0.3 is 14.5 Å². The molecule has 3 rings (SSSR count). The van der Waals surface area contributed by atoms with E-state index in [4.69, 9.17) is 9.16 Å². The lowest BCUT2D eigenvalue weighted by Crippen LogP contribution is -2.66. The molecule has 0 spiro atoms. The van der Waals surface area contributed by atoms with E-state index >= 15 is 0 Å². The molecule has 0 aromatic heterocycles. The molecule has 0 aliphatic heterocycles. The highest BCUT2D eigenvalue weighted by molar-refractivity contribution is 6.99. The normalized spacial score (nSPS) is 18.8. The molecule has 5 heteroatoms. The first kappa shape index (κ1) is 23.5. The monoisotopic (exact) mass is 437 g/mol. The van der Waals surface area contributed by atoms with Crippen molar-refractivity contribution in [3.05, 3.63) is 72.8 Å². The van der Waals surface area contributed by atoms with Crippen molar-refractivity contribution in [3.8, 4) is 0 Å². The number of carbonyl (C=O) groups is 1. The minimum atomic E-state index is -2.46. The highest BCUT2D eigenvalue weighted by Gasteiger charge is 2.49. The van der Waals surface area contributed by atoms with Gasteiger partial charge in [0.15, 0.2) is 0 Å². The molecule has 0 unspecified atom stereocenters. The van der Waals surface area contributed by atoms with E-state index in [0.717, 1.165) is 19.4 Å². The largest absolute Gasteiger partial charge is 0.458 e. The van der Waals surface area contributed by atoms with E-state index in [1.54, 1.807) is 0 Å². The fourth-order valence-corrected chi connectivity index (χ4v) is 9.07. The van der Waals surface area contributed by atoms with E-state index in [0.29, 0.717) is 6.61 Å². The molecule has 0 amide bonds. The molecule has 2 aromatic carbocycles. The summed E-state index contributed by atoms with van der Waals surface area (Å²) in [4.78, 5) is 11.1. The van der Waals surface area contributed by atoms with E-state index in [2.05, 4.69) is 92.8 Å². The lowest BCUT2D eigenvalue weighted by atomic mass is 10.2. The maximum Gasteiger partial charge on any atom is 0.303 e. The summed E-state index contributed by atoms with van der Waals surface area (Å²) >= 11 is 0. The highest BCUT2D eigenvalue weighted by atomic mass is 28.4. The molecule has 0 saturated carbocycles. The van der Waals surface area contributed by atoms with Gasteiger partial charge in [-0.3, -0.25) is 4.79 Å². The van der Waals surface area contributed by atoms with Crippen LogP contribution in [0.25, 0.3) is 0 Å². The summed E-state index contributed by atoms with van der Waals surface area (Å²) in [5.41, 5.74) is 0. The molecule has 2 atom stereocenters. The summed E-state index contributed by atoms with van der Waals surface area (Å²) in [6, 6.07) is 21.7. The van der Waals surface area contributed by atoms with Crippen LogP contribution in [0.4, 0.5) is 0 Å². The molecule has 2 aromatic rings. The van der Waals surface area contributed by atoms with Gasteiger partial charge in [-0.15, -0.1) is 0 Å². The van der Waals surface area contributed by atoms with E-state index in [-0.39, 0.29) is 23.2 Å². The third-order valence-electron chi connectivity index (χ3n) is 5.82. The Morgan fingerprint density at radius 3 is 2.10 bits per heavy atom. The number of hydrogen-bond donors (Lipinski definition) is 1. The first-order valence-corrected chi connectivity index (χ1v) is 13.1. The van der Waals surface area contributed by atoms with Crippen LogP contribution in [-0.2, 0) is 14.0 Å². The molecule has 166 valence electrons. The standard InChI is InChI=1S/C26H35NO3Si/c1-21(28)30-23-17-16-22(20-23)27-18-11-19-29-31(26(2,3)4,24-12-7-5-8-13-24)25-14-9-6-10-15-25/h5-10,12-17,22-23,27H,11,18-20H2,1-4H3/t22-,23+/m1/s1. The molecule has 0 radical (unpaired) electrons. The van der Waals surface area contributed by atoms with Crippen molar-refractivity contribution in [2.24, 2.45) is 0 Å². The molecule has 31 heavy (non-hydrogen) atoms.